The Kier molecular flexibility index (Phi) is 7.95. The Hall–Kier alpha value is -3.25. The van der Waals surface area contributed by atoms with Crippen LogP contribution < -0.4 is 14.4 Å². The third-order valence-electron chi connectivity index (χ3n) is 5.40. The van der Waals surface area contributed by atoms with E-state index < -0.39 is 0 Å². The van der Waals surface area contributed by atoms with Gasteiger partial charge in [-0.05, 0) is 44.0 Å². The molecular formula is C26H31NO5. The summed E-state index contributed by atoms with van der Waals surface area (Å²) in [4.78, 5) is 15.3. The van der Waals surface area contributed by atoms with Crippen LogP contribution >= 0.6 is 0 Å². The molecule has 1 aliphatic rings. The van der Waals surface area contributed by atoms with Gasteiger partial charge in [-0.1, -0.05) is 29.9 Å². The summed E-state index contributed by atoms with van der Waals surface area (Å²) in [5.41, 5.74) is 3.79. The number of anilines is 1. The lowest BCUT2D eigenvalue weighted by Gasteiger charge is -2.29. The van der Waals surface area contributed by atoms with Crippen molar-refractivity contribution in [3.05, 3.63) is 64.7 Å². The van der Waals surface area contributed by atoms with Crippen LogP contribution in [0.25, 0.3) is 6.08 Å². The van der Waals surface area contributed by atoms with Crippen molar-refractivity contribution < 1.29 is 24.1 Å². The first-order valence-electron chi connectivity index (χ1n) is 10.7. The third kappa shape index (κ3) is 5.51. The number of ether oxygens (including phenoxy) is 3. The fourth-order valence-corrected chi connectivity index (χ4v) is 3.65. The highest BCUT2D eigenvalue weighted by atomic mass is 16.5. The maximum Gasteiger partial charge on any atom is 0.193 e. The van der Waals surface area contributed by atoms with Crippen molar-refractivity contribution in [2.24, 2.45) is 0 Å². The molecule has 1 heterocycles. The summed E-state index contributed by atoms with van der Waals surface area (Å²) in [6.45, 7) is 7.07. The van der Waals surface area contributed by atoms with E-state index in [1.165, 1.54) is 20.3 Å². The molecule has 0 unspecified atom stereocenters. The zero-order chi connectivity index (χ0) is 23.1. The molecule has 2 aromatic carbocycles. The molecule has 1 fully saturated rings. The summed E-state index contributed by atoms with van der Waals surface area (Å²) in [5.74, 6) is 0.306. The number of carbonyl (C=O) groups is 1. The number of rotatable bonds is 8. The van der Waals surface area contributed by atoms with Crippen LogP contribution in [0, 0.1) is 0 Å². The first-order chi connectivity index (χ1) is 15.4. The fraction of sp³-hybridized carbons (Fsp3) is 0.346. The molecule has 0 radical (unpaired) electrons. The number of allylic oxidation sites excluding steroid dienone is 3. The third-order valence-corrected chi connectivity index (χ3v) is 5.40. The lowest BCUT2D eigenvalue weighted by Crippen LogP contribution is -2.36. The van der Waals surface area contributed by atoms with Gasteiger partial charge in [-0.3, -0.25) is 4.79 Å². The summed E-state index contributed by atoms with van der Waals surface area (Å²) >= 11 is 0. The number of hydrogen-bond acceptors (Lipinski definition) is 6. The Morgan fingerprint density at radius 2 is 1.84 bits per heavy atom. The van der Waals surface area contributed by atoms with Gasteiger partial charge in [-0.25, -0.2) is 0 Å². The number of morpholine rings is 1. The fourth-order valence-electron chi connectivity index (χ4n) is 3.65. The van der Waals surface area contributed by atoms with E-state index in [0.29, 0.717) is 30.9 Å². The molecule has 32 heavy (non-hydrogen) atoms. The molecule has 1 N–H and O–H groups in total. The summed E-state index contributed by atoms with van der Waals surface area (Å²) in [5, 5.41) is 10.9. The quantitative estimate of drug-likeness (QED) is 0.368. The number of methoxy groups -OCH3 is 2. The van der Waals surface area contributed by atoms with E-state index in [1.807, 2.05) is 38.1 Å². The molecule has 0 spiro atoms. The number of phenolic OH excluding ortho intramolecular Hbond substituents is 1. The Balaban J connectivity index is 1.90. The topological polar surface area (TPSA) is 68.2 Å². The molecule has 2 aromatic rings. The standard InChI is InChI=1S/C26H31NO5/c1-18(2)8-10-21-23(30-3)17-24(31-4)25(26(21)29)22(28)11-9-19-6-5-7-20(16-19)27-12-14-32-15-13-27/h5-9,11,16-17,29H,10,12-15H2,1-4H3/b11-9+. The molecule has 0 saturated carbocycles. The summed E-state index contributed by atoms with van der Waals surface area (Å²) < 4.78 is 16.2. The highest BCUT2D eigenvalue weighted by Crippen LogP contribution is 2.39. The SMILES string of the molecule is COc1cc(OC)c(C(=O)/C=C/c2cccc(N3CCOCC3)c2)c(O)c1CC=C(C)C. The van der Waals surface area contributed by atoms with Gasteiger partial charge in [0, 0.05) is 30.4 Å². The Morgan fingerprint density at radius 1 is 1.12 bits per heavy atom. The average Bonchev–Trinajstić information content (AvgIpc) is 2.81. The van der Waals surface area contributed by atoms with Crippen molar-refractivity contribution >= 4 is 17.5 Å². The number of nitrogens with zero attached hydrogens (tertiary/aromatic N) is 1. The zero-order valence-corrected chi connectivity index (χ0v) is 19.2. The van der Waals surface area contributed by atoms with Gasteiger partial charge in [0.15, 0.2) is 5.78 Å². The highest BCUT2D eigenvalue weighted by molar-refractivity contribution is 6.11. The van der Waals surface area contributed by atoms with Gasteiger partial charge in [-0.2, -0.15) is 0 Å². The number of aromatic hydroxyl groups is 1. The summed E-state index contributed by atoms with van der Waals surface area (Å²) in [6, 6.07) is 9.66. The molecule has 0 atom stereocenters. The van der Waals surface area contributed by atoms with Crippen molar-refractivity contribution in [1.82, 2.24) is 0 Å². The molecule has 0 aliphatic carbocycles. The van der Waals surface area contributed by atoms with Crippen LogP contribution in [-0.4, -0.2) is 51.4 Å². The largest absolute Gasteiger partial charge is 0.507 e. The van der Waals surface area contributed by atoms with Crippen LogP contribution in [0.15, 0.2) is 48.1 Å². The number of ketones is 1. The molecule has 6 heteroatoms. The second kappa shape index (κ2) is 10.9. The van der Waals surface area contributed by atoms with Gasteiger partial charge in [0.2, 0.25) is 0 Å². The Bertz CT molecular complexity index is 1020. The maximum atomic E-state index is 13.1. The van der Waals surface area contributed by atoms with Crippen LogP contribution in [-0.2, 0) is 11.2 Å². The molecule has 3 rings (SSSR count). The second-order valence-corrected chi connectivity index (χ2v) is 7.86. The van der Waals surface area contributed by atoms with Crippen molar-refractivity contribution in [2.45, 2.75) is 20.3 Å². The van der Waals surface area contributed by atoms with E-state index in [4.69, 9.17) is 14.2 Å². The first kappa shape index (κ1) is 23.4. The predicted molar refractivity (Wildman–Crippen MR) is 127 cm³/mol. The van der Waals surface area contributed by atoms with E-state index in [-0.39, 0.29) is 22.8 Å². The van der Waals surface area contributed by atoms with E-state index >= 15 is 0 Å². The van der Waals surface area contributed by atoms with Crippen LogP contribution in [0.2, 0.25) is 0 Å². The van der Waals surface area contributed by atoms with Crippen LogP contribution in [0.4, 0.5) is 5.69 Å². The lowest BCUT2D eigenvalue weighted by molar-refractivity contribution is 0.104. The lowest BCUT2D eigenvalue weighted by atomic mass is 9.99. The van der Waals surface area contributed by atoms with Crippen LogP contribution in [0.5, 0.6) is 17.2 Å². The Morgan fingerprint density at radius 3 is 2.50 bits per heavy atom. The summed E-state index contributed by atoms with van der Waals surface area (Å²) in [7, 11) is 3.00. The average molecular weight is 438 g/mol. The van der Waals surface area contributed by atoms with E-state index in [2.05, 4.69) is 11.0 Å². The number of benzene rings is 2. The van der Waals surface area contributed by atoms with Crippen molar-refractivity contribution in [3.63, 3.8) is 0 Å². The van der Waals surface area contributed by atoms with Gasteiger partial charge in [0.05, 0.1) is 27.4 Å². The maximum absolute atomic E-state index is 13.1. The van der Waals surface area contributed by atoms with E-state index in [0.717, 1.165) is 29.9 Å². The summed E-state index contributed by atoms with van der Waals surface area (Å²) in [6.07, 6.45) is 5.65. The number of phenols is 1. The molecule has 170 valence electrons. The minimum atomic E-state index is -0.336. The molecule has 6 nitrogen and oxygen atoms in total. The zero-order valence-electron chi connectivity index (χ0n) is 19.2. The smallest absolute Gasteiger partial charge is 0.193 e. The molecule has 1 saturated heterocycles. The van der Waals surface area contributed by atoms with Crippen molar-refractivity contribution in [3.8, 4) is 17.2 Å². The van der Waals surface area contributed by atoms with E-state index in [9.17, 15) is 9.90 Å². The first-order valence-corrected chi connectivity index (χ1v) is 10.7. The second-order valence-electron chi connectivity index (χ2n) is 7.86. The Labute approximate surface area is 189 Å². The van der Waals surface area contributed by atoms with Gasteiger partial charge < -0.3 is 24.2 Å². The monoisotopic (exact) mass is 437 g/mol. The molecule has 0 aromatic heterocycles. The normalized spacial score (nSPS) is 13.8. The van der Waals surface area contributed by atoms with Gasteiger partial charge in [-0.15, -0.1) is 0 Å². The van der Waals surface area contributed by atoms with Gasteiger partial charge in [0.1, 0.15) is 22.8 Å². The van der Waals surface area contributed by atoms with Gasteiger partial charge >= 0.3 is 0 Å². The molecule has 0 bridgehead atoms. The van der Waals surface area contributed by atoms with Crippen LogP contribution in [0.1, 0.15) is 35.3 Å². The minimum absolute atomic E-state index is 0.115. The molecule has 1 aliphatic heterocycles. The van der Waals surface area contributed by atoms with Crippen LogP contribution in [0.3, 0.4) is 0 Å². The highest BCUT2D eigenvalue weighted by Gasteiger charge is 2.22. The van der Waals surface area contributed by atoms with E-state index in [1.54, 1.807) is 12.1 Å². The minimum Gasteiger partial charge on any atom is -0.507 e. The molecule has 0 amide bonds. The van der Waals surface area contributed by atoms with Crippen molar-refractivity contribution in [1.29, 1.82) is 0 Å². The van der Waals surface area contributed by atoms with Crippen molar-refractivity contribution in [2.75, 3.05) is 45.4 Å². The predicted octanol–water partition coefficient (Wildman–Crippen LogP) is 4.65. The number of carbonyl (C=O) groups excluding carboxylic acids is 1. The number of hydrogen-bond donors (Lipinski definition) is 1. The van der Waals surface area contributed by atoms with Gasteiger partial charge in [0.25, 0.3) is 0 Å². The molecular weight excluding hydrogens is 406 g/mol.